The molecule has 0 N–H and O–H groups in total. The molecular weight excluding hydrogens is 1560 g/mol. The summed E-state index contributed by atoms with van der Waals surface area (Å²) in [7, 11) is 0. The minimum Gasteiger partial charge on any atom is -0.490 e. The third-order valence-corrected chi connectivity index (χ3v) is 18.8. The molecule has 0 aliphatic heterocycles. The number of benzene rings is 10. The summed E-state index contributed by atoms with van der Waals surface area (Å²) in [5, 5.41) is 0. The molecule has 122 heavy (non-hydrogen) atoms. The minimum absolute atomic E-state index is 0.0286. The van der Waals surface area contributed by atoms with Gasteiger partial charge in [-0.1, -0.05) is 258 Å². The average molecular weight is 1670 g/mol. The van der Waals surface area contributed by atoms with Crippen LogP contribution in [0.4, 0.5) is 43.9 Å². The highest BCUT2D eigenvalue weighted by atomic mass is 19.2. The van der Waals surface area contributed by atoms with Crippen molar-refractivity contribution < 1.29 is 67.6 Å². The Morgan fingerprint density at radius 3 is 0.672 bits per heavy atom. The molecule has 0 bridgehead atoms. The predicted octanol–water partition coefficient (Wildman–Crippen LogP) is 28.4. The molecule has 0 aliphatic carbocycles. The second-order valence-electron chi connectivity index (χ2n) is 29.0. The number of hydrogen-bond donors (Lipinski definition) is 0. The van der Waals surface area contributed by atoms with E-state index >= 15 is 0 Å². The van der Waals surface area contributed by atoms with Gasteiger partial charge in [0, 0.05) is 27.8 Å². The van der Waals surface area contributed by atoms with Gasteiger partial charge in [0.05, 0.1) is 60.9 Å². The quantitative estimate of drug-likeness (QED) is 0.0239. The van der Waals surface area contributed by atoms with Gasteiger partial charge in [0.25, 0.3) is 0 Å². The van der Waals surface area contributed by atoms with Gasteiger partial charge in [-0.3, -0.25) is 0 Å². The van der Waals surface area contributed by atoms with Crippen LogP contribution in [-0.2, 0) is 25.7 Å². The lowest BCUT2D eigenvalue weighted by molar-refractivity contribution is 0.288. The molecule has 5 nitrogen and oxygen atoms in total. The van der Waals surface area contributed by atoms with Crippen LogP contribution in [0.1, 0.15) is 261 Å². The highest BCUT2D eigenvalue weighted by molar-refractivity contribution is 5.52. The maximum atomic E-state index is 14.1. The first-order valence-electron chi connectivity index (χ1n) is 42.8. The molecule has 0 heterocycles. The maximum absolute atomic E-state index is 14.1. The van der Waals surface area contributed by atoms with Gasteiger partial charge in [0.15, 0.2) is 57.8 Å². The second kappa shape index (κ2) is 56.7. The van der Waals surface area contributed by atoms with Crippen LogP contribution in [-0.4, -0.2) is 33.0 Å². The van der Waals surface area contributed by atoms with Crippen LogP contribution >= 0.6 is 0 Å². The second-order valence-corrected chi connectivity index (χ2v) is 29.0. The van der Waals surface area contributed by atoms with Crippen molar-refractivity contribution in [1.82, 2.24) is 0 Å². The summed E-state index contributed by atoms with van der Waals surface area (Å²) in [5.41, 5.74) is 10.2. The van der Waals surface area contributed by atoms with E-state index in [1.165, 1.54) is 141 Å². The van der Waals surface area contributed by atoms with Crippen LogP contribution in [0.5, 0.6) is 28.7 Å². The molecule has 0 radical (unpaired) electrons. The van der Waals surface area contributed by atoms with E-state index < -0.39 is 58.2 Å². The van der Waals surface area contributed by atoms with Gasteiger partial charge < -0.3 is 23.7 Å². The Bertz CT molecular complexity index is 5160. The van der Waals surface area contributed by atoms with E-state index in [0.717, 1.165) is 117 Å². The van der Waals surface area contributed by atoms with Gasteiger partial charge in [-0.25, -0.2) is 22.0 Å². The number of unbranched alkanes of at least 4 members (excludes halogenated alkanes) is 10. The summed E-state index contributed by atoms with van der Waals surface area (Å²) >= 11 is 0. The Labute approximate surface area is 718 Å². The molecule has 15 heteroatoms. The zero-order chi connectivity index (χ0) is 88.2. The van der Waals surface area contributed by atoms with Crippen LogP contribution in [0.25, 0.3) is 0 Å². The minimum atomic E-state index is -0.980. The van der Waals surface area contributed by atoms with Crippen molar-refractivity contribution in [3.8, 4) is 88.0 Å². The van der Waals surface area contributed by atoms with Crippen molar-refractivity contribution in [1.29, 1.82) is 0 Å². The first kappa shape index (κ1) is 99.1. The summed E-state index contributed by atoms with van der Waals surface area (Å²) < 4.78 is 166. The normalized spacial score (nSPS) is 10.2. The maximum Gasteiger partial charge on any atom is 0.201 e. The highest BCUT2D eigenvalue weighted by Gasteiger charge is 2.19. The monoisotopic (exact) mass is 1670 g/mol. The van der Waals surface area contributed by atoms with Gasteiger partial charge in [-0.2, -0.15) is 22.0 Å². The fraction of sp³-hybridized carbons (Fsp3) is 0.346. The molecule has 0 atom stereocenters. The van der Waals surface area contributed by atoms with E-state index in [1.54, 1.807) is 0 Å². The number of aryl methyl sites for hydroxylation is 5. The number of hydrogen-bond acceptors (Lipinski definition) is 5. The van der Waals surface area contributed by atoms with Gasteiger partial charge in [-0.05, 0) is 221 Å². The van der Waals surface area contributed by atoms with Crippen molar-refractivity contribution in [2.45, 2.75) is 210 Å². The standard InChI is InChI=1S/C24H28F2O.C23H26F2O.C21H22F2O.C20H20F2O.C19H18F2O/c1-3-5-6-7-8-9-19-10-12-20(13-11-19)14-15-21-16-17-22(27-18-4-2)24(26)23(21)25;1-3-5-6-7-8-18-9-11-19(12-10-18)13-14-20-15-16-21(26-17-4-2)23(25)22(20)24;1-3-5-15-24-19-14-13-18(20(22)21(19)23)12-11-17-9-7-16(6-4-2)8-10-17;1-3-5-14-23-18-13-12-17(19(21)20(18)22)11-10-16-8-6-15(4-2)7-9-16;1-3-4-13-22-17-12-11-16(18(20)19(17)21)10-9-15-7-5-14(2)6-8-15/h10-13,16-17H,3-9,18H2,1-2H3;9-12,15-16H,3-8,17H2,1-2H3;7-10,13-14H,3-6,15H2,1-2H3;6-9,12-13H,3-5,14H2,1-2H3;5-8,11-12H,3-4,13H2,1-2H3. The van der Waals surface area contributed by atoms with Crippen molar-refractivity contribution in [2.75, 3.05) is 33.0 Å². The molecule has 10 aromatic carbocycles. The first-order valence-corrected chi connectivity index (χ1v) is 42.8. The Morgan fingerprint density at radius 2 is 0.426 bits per heavy atom. The smallest absolute Gasteiger partial charge is 0.201 e. The molecule has 10 rings (SSSR count). The van der Waals surface area contributed by atoms with E-state index in [4.69, 9.17) is 23.7 Å². The topological polar surface area (TPSA) is 46.2 Å². The average Bonchev–Trinajstić information content (AvgIpc) is 0.857. The lowest BCUT2D eigenvalue weighted by Crippen LogP contribution is -2.01. The SMILES string of the molecule is CCCCCCCc1ccc(C#Cc2ccc(OCCC)c(F)c2F)cc1.CCCCCCc1ccc(C#Cc2ccc(OCCC)c(F)c2F)cc1.CCCCOc1ccc(C#Cc2ccc(C)cc2)c(F)c1F.CCCCOc1ccc(C#Cc2ccc(CC)cc2)c(F)c1F.CCCCOc1ccc(C#Cc2ccc(CCC)cc2)c(F)c1F. The number of ether oxygens (including phenoxy) is 5. The molecule has 0 aliphatic rings. The van der Waals surface area contributed by atoms with Gasteiger partial charge >= 0.3 is 0 Å². The van der Waals surface area contributed by atoms with Gasteiger partial charge in [0.1, 0.15) is 0 Å². The summed E-state index contributed by atoms with van der Waals surface area (Å²) in [6.07, 6.45) is 23.1. The largest absolute Gasteiger partial charge is 0.490 e. The van der Waals surface area contributed by atoms with Crippen LogP contribution in [0.15, 0.2) is 182 Å². The Balaban J connectivity index is 0.000000236. The fourth-order valence-corrected chi connectivity index (χ4v) is 11.5. The van der Waals surface area contributed by atoms with Crippen LogP contribution < -0.4 is 23.7 Å². The summed E-state index contributed by atoms with van der Waals surface area (Å²) in [4.78, 5) is 0. The zero-order valence-electron chi connectivity index (χ0n) is 72.2. The van der Waals surface area contributed by atoms with Crippen LogP contribution in [0.3, 0.4) is 0 Å². The van der Waals surface area contributed by atoms with Gasteiger partial charge in [0.2, 0.25) is 29.1 Å². The highest BCUT2D eigenvalue weighted by Crippen LogP contribution is 2.29. The Morgan fingerprint density at radius 1 is 0.197 bits per heavy atom. The molecule has 10 aromatic rings. The predicted molar refractivity (Wildman–Crippen MR) is 475 cm³/mol. The van der Waals surface area contributed by atoms with Crippen molar-refractivity contribution in [3.63, 3.8) is 0 Å². The third-order valence-electron chi connectivity index (χ3n) is 18.8. The lowest BCUT2D eigenvalue weighted by Gasteiger charge is -2.07. The van der Waals surface area contributed by atoms with E-state index in [9.17, 15) is 43.9 Å². The van der Waals surface area contributed by atoms with Gasteiger partial charge in [-0.15, -0.1) is 0 Å². The molecule has 0 unspecified atom stereocenters. The lowest BCUT2D eigenvalue weighted by atomic mass is 10.0. The number of rotatable bonds is 32. The fourth-order valence-electron chi connectivity index (χ4n) is 11.5. The zero-order valence-corrected chi connectivity index (χ0v) is 72.2. The van der Waals surface area contributed by atoms with E-state index in [-0.39, 0.29) is 56.6 Å². The summed E-state index contributed by atoms with van der Waals surface area (Å²) in [6, 6.07) is 53.4. The molecular formula is C107H114F10O5. The van der Waals surface area contributed by atoms with Crippen LogP contribution in [0.2, 0.25) is 0 Å². The Kier molecular flexibility index (Phi) is 46.1. The molecule has 0 fully saturated rings. The van der Waals surface area contributed by atoms with E-state index in [2.05, 4.69) is 111 Å². The molecule has 0 saturated heterocycles. The first-order chi connectivity index (χ1) is 59.2. The summed E-state index contributed by atoms with van der Waals surface area (Å²) in [5.74, 6) is 17.8. The molecule has 0 amide bonds. The molecule has 642 valence electrons. The van der Waals surface area contributed by atoms with Crippen molar-refractivity contribution in [3.05, 3.63) is 324 Å². The third kappa shape index (κ3) is 34.8. The van der Waals surface area contributed by atoms with Crippen molar-refractivity contribution in [2.24, 2.45) is 0 Å². The van der Waals surface area contributed by atoms with E-state index in [1.807, 2.05) is 139 Å². The number of halogens is 10. The van der Waals surface area contributed by atoms with Crippen LogP contribution in [0, 0.1) is 124 Å². The molecule has 0 aromatic heterocycles. The van der Waals surface area contributed by atoms with Crippen molar-refractivity contribution >= 4 is 0 Å². The van der Waals surface area contributed by atoms with E-state index in [0.29, 0.717) is 33.0 Å². The molecule has 0 saturated carbocycles. The summed E-state index contributed by atoms with van der Waals surface area (Å²) in [6.45, 7) is 22.3. The molecule has 0 spiro atoms. The Hall–Kier alpha value is -11.7.